The summed E-state index contributed by atoms with van der Waals surface area (Å²) in [7, 11) is 0. The molecular weight excluding hydrogens is 226 g/mol. The summed E-state index contributed by atoms with van der Waals surface area (Å²) in [4.78, 5) is 0. The predicted octanol–water partition coefficient (Wildman–Crippen LogP) is 1.52. The summed E-state index contributed by atoms with van der Waals surface area (Å²) in [6.45, 7) is -0.0998. The molecule has 0 aliphatic carbocycles. The molecule has 1 unspecified atom stereocenters. The summed E-state index contributed by atoms with van der Waals surface area (Å²) in [6.07, 6.45) is 3.50. The lowest BCUT2D eigenvalue weighted by Crippen LogP contribution is -2.14. The second-order valence-corrected chi connectivity index (χ2v) is 3.86. The fourth-order valence-corrected chi connectivity index (χ4v) is 1.73. The molecule has 2 aromatic rings. The van der Waals surface area contributed by atoms with Crippen molar-refractivity contribution in [3.05, 3.63) is 47.2 Å². The van der Waals surface area contributed by atoms with E-state index in [9.17, 15) is 0 Å². The topological polar surface area (TPSA) is 64.1 Å². The Morgan fingerprint density at radius 2 is 2.31 bits per heavy atom. The number of aromatic nitrogens is 2. The van der Waals surface area contributed by atoms with E-state index >= 15 is 0 Å². The van der Waals surface area contributed by atoms with E-state index in [0.717, 1.165) is 11.3 Å². The summed E-state index contributed by atoms with van der Waals surface area (Å²) in [5.74, 6) is 0. The molecule has 0 aliphatic rings. The monoisotopic (exact) mass is 237 g/mol. The van der Waals surface area contributed by atoms with Crippen LogP contribution in [0.25, 0.3) is 5.69 Å². The highest BCUT2D eigenvalue weighted by molar-refractivity contribution is 6.32. The van der Waals surface area contributed by atoms with Crippen molar-refractivity contribution >= 4 is 11.6 Å². The molecule has 0 saturated heterocycles. The zero-order valence-electron chi connectivity index (χ0n) is 8.55. The molecule has 0 bridgehead atoms. The van der Waals surface area contributed by atoms with Gasteiger partial charge in [0.25, 0.3) is 0 Å². The molecule has 1 atom stereocenters. The molecule has 1 heterocycles. The minimum absolute atomic E-state index is 0.0998. The maximum absolute atomic E-state index is 8.95. The molecule has 16 heavy (non-hydrogen) atoms. The van der Waals surface area contributed by atoms with Crippen LogP contribution in [0.1, 0.15) is 11.6 Å². The van der Waals surface area contributed by atoms with Gasteiger partial charge in [0.15, 0.2) is 0 Å². The third kappa shape index (κ3) is 2.09. The van der Waals surface area contributed by atoms with E-state index in [0.29, 0.717) is 5.02 Å². The number of hydrogen-bond donors (Lipinski definition) is 2. The third-order valence-corrected chi connectivity index (χ3v) is 2.65. The standard InChI is InChI=1S/C11H12ClN3O/c12-9-6-8(10(13)7-16)2-3-11(9)15-5-1-4-14-15/h1-6,10,16H,7,13H2. The number of aliphatic hydroxyl groups is 1. The molecule has 2 rings (SSSR count). The summed E-state index contributed by atoms with van der Waals surface area (Å²) in [5.41, 5.74) is 7.30. The van der Waals surface area contributed by atoms with Crippen LogP contribution in [-0.4, -0.2) is 21.5 Å². The van der Waals surface area contributed by atoms with Crippen molar-refractivity contribution in [1.29, 1.82) is 0 Å². The molecule has 0 aliphatic heterocycles. The number of aliphatic hydroxyl groups excluding tert-OH is 1. The molecule has 84 valence electrons. The van der Waals surface area contributed by atoms with E-state index in [4.69, 9.17) is 22.4 Å². The number of benzene rings is 1. The predicted molar refractivity (Wildman–Crippen MR) is 62.6 cm³/mol. The van der Waals surface area contributed by atoms with Gasteiger partial charge in [-0.25, -0.2) is 4.68 Å². The summed E-state index contributed by atoms with van der Waals surface area (Å²) in [6, 6.07) is 6.84. The summed E-state index contributed by atoms with van der Waals surface area (Å²) >= 11 is 6.12. The average molecular weight is 238 g/mol. The van der Waals surface area contributed by atoms with Gasteiger partial charge >= 0.3 is 0 Å². The van der Waals surface area contributed by atoms with Gasteiger partial charge in [-0.05, 0) is 23.8 Å². The first-order valence-corrected chi connectivity index (χ1v) is 5.26. The Kier molecular flexibility index (Phi) is 3.24. The maximum Gasteiger partial charge on any atom is 0.0831 e. The first-order valence-electron chi connectivity index (χ1n) is 4.88. The van der Waals surface area contributed by atoms with Gasteiger partial charge in [0.2, 0.25) is 0 Å². The van der Waals surface area contributed by atoms with Gasteiger partial charge in [0, 0.05) is 12.4 Å². The first-order chi connectivity index (χ1) is 7.72. The molecule has 5 heteroatoms. The lowest BCUT2D eigenvalue weighted by atomic mass is 10.1. The van der Waals surface area contributed by atoms with Crippen molar-refractivity contribution in [2.75, 3.05) is 6.61 Å². The largest absolute Gasteiger partial charge is 0.394 e. The number of rotatable bonds is 3. The van der Waals surface area contributed by atoms with Crippen LogP contribution in [0.3, 0.4) is 0 Å². The molecule has 4 nitrogen and oxygen atoms in total. The lowest BCUT2D eigenvalue weighted by Gasteiger charge is -2.11. The van der Waals surface area contributed by atoms with E-state index in [1.807, 2.05) is 24.4 Å². The van der Waals surface area contributed by atoms with Crippen LogP contribution in [0.5, 0.6) is 0 Å². The number of hydrogen-bond acceptors (Lipinski definition) is 3. The summed E-state index contributed by atoms with van der Waals surface area (Å²) < 4.78 is 1.68. The van der Waals surface area contributed by atoms with Gasteiger partial charge in [-0.3, -0.25) is 0 Å². The van der Waals surface area contributed by atoms with Crippen LogP contribution in [0.2, 0.25) is 5.02 Å². The van der Waals surface area contributed by atoms with E-state index < -0.39 is 6.04 Å². The highest BCUT2D eigenvalue weighted by atomic mass is 35.5. The number of halogens is 1. The summed E-state index contributed by atoms with van der Waals surface area (Å²) in [5, 5.41) is 13.6. The zero-order chi connectivity index (χ0) is 11.5. The Hall–Kier alpha value is -1.36. The van der Waals surface area contributed by atoms with E-state index in [1.54, 1.807) is 16.9 Å². The Bertz CT molecular complexity index is 470. The molecule has 0 saturated carbocycles. The van der Waals surface area contributed by atoms with E-state index in [1.165, 1.54) is 0 Å². The van der Waals surface area contributed by atoms with Crippen LogP contribution in [-0.2, 0) is 0 Å². The van der Waals surface area contributed by atoms with Crippen molar-refractivity contribution < 1.29 is 5.11 Å². The van der Waals surface area contributed by atoms with E-state index in [-0.39, 0.29) is 6.61 Å². The van der Waals surface area contributed by atoms with Gasteiger partial charge in [-0.1, -0.05) is 17.7 Å². The molecule has 0 fully saturated rings. The van der Waals surface area contributed by atoms with Crippen molar-refractivity contribution in [1.82, 2.24) is 9.78 Å². The number of nitrogens with zero attached hydrogens (tertiary/aromatic N) is 2. The van der Waals surface area contributed by atoms with Crippen LogP contribution >= 0.6 is 11.6 Å². The fraction of sp³-hybridized carbons (Fsp3) is 0.182. The lowest BCUT2D eigenvalue weighted by molar-refractivity contribution is 0.268. The van der Waals surface area contributed by atoms with Crippen LogP contribution in [0.4, 0.5) is 0 Å². The molecule has 1 aromatic carbocycles. The molecule has 0 radical (unpaired) electrons. The quantitative estimate of drug-likeness (QED) is 0.851. The normalized spacial score (nSPS) is 12.7. The average Bonchev–Trinajstić information content (AvgIpc) is 2.81. The SMILES string of the molecule is NC(CO)c1ccc(-n2cccn2)c(Cl)c1. The second kappa shape index (κ2) is 4.65. The zero-order valence-corrected chi connectivity index (χ0v) is 9.30. The molecule has 0 spiro atoms. The first kappa shape index (κ1) is 11.1. The van der Waals surface area contributed by atoms with Crippen LogP contribution < -0.4 is 5.73 Å². The molecule has 0 amide bonds. The molecular formula is C11H12ClN3O. The van der Waals surface area contributed by atoms with Gasteiger partial charge < -0.3 is 10.8 Å². The highest BCUT2D eigenvalue weighted by Crippen LogP contribution is 2.23. The molecule has 3 N–H and O–H groups in total. The highest BCUT2D eigenvalue weighted by Gasteiger charge is 2.08. The minimum atomic E-state index is -0.399. The Balaban J connectivity index is 2.37. The Morgan fingerprint density at radius 1 is 1.50 bits per heavy atom. The Labute approximate surface area is 98.3 Å². The molecule has 1 aromatic heterocycles. The Morgan fingerprint density at radius 3 is 2.88 bits per heavy atom. The van der Waals surface area contributed by atoms with Gasteiger partial charge in [0.1, 0.15) is 0 Å². The van der Waals surface area contributed by atoms with E-state index in [2.05, 4.69) is 5.10 Å². The fourth-order valence-electron chi connectivity index (χ4n) is 1.46. The van der Waals surface area contributed by atoms with Crippen molar-refractivity contribution in [3.63, 3.8) is 0 Å². The minimum Gasteiger partial charge on any atom is -0.394 e. The van der Waals surface area contributed by atoms with Crippen LogP contribution in [0, 0.1) is 0 Å². The van der Waals surface area contributed by atoms with Crippen molar-refractivity contribution in [2.45, 2.75) is 6.04 Å². The van der Waals surface area contributed by atoms with Crippen molar-refractivity contribution in [3.8, 4) is 5.69 Å². The number of nitrogens with two attached hydrogens (primary N) is 1. The third-order valence-electron chi connectivity index (χ3n) is 2.35. The smallest absolute Gasteiger partial charge is 0.0831 e. The van der Waals surface area contributed by atoms with Gasteiger partial charge in [0.05, 0.1) is 23.4 Å². The second-order valence-electron chi connectivity index (χ2n) is 3.45. The van der Waals surface area contributed by atoms with Gasteiger partial charge in [-0.15, -0.1) is 0 Å². The maximum atomic E-state index is 8.95. The van der Waals surface area contributed by atoms with Gasteiger partial charge in [-0.2, -0.15) is 5.10 Å². The van der Waals surface area contributed by atoms with Crippen molar-refractivity contribution in [2.24, 2.45) is 5.73 Å². The van der Waals surface area contributed by atoms with Crippen LogP contribution in [0.15, 0.2) is 36.7 Å².